The predicted molar refractivity (Wildman–Crippen MR) is 97.1 cm³/mol. The molecule has 123 valence electrons. The normalized spacial score (nSPS) is 10.2. The number of hydrogen-bond acceptors (Lipinski definition) is 5. The number of methoxy groups -OCH3 is 4. The molecule has 1 unspecified atom stereocenters. The Labute approximate surface area is 155 Å². The SMILES string of the molecule is COc1ccc(PC(=O)c2c(OC)cccc2OC)c(OC)c1.[Li]. The van der Waals surface area contributed by atoms with E-state index in [1.807, 2.05) is 6.07 Å². The zero-order chi connectivity index (χ0) is 16.8. The maximum absolute atomic E-state index is 12.8. The van der Waals surface area contributed by atoms with E-state index >= 15 is 0 Å². The van der Waals surface area contributed by atoms with E-state index in [9.17, 15) is 4.79 Å². The van der Waals surface area contributed by atoms with Gasteiger partial charge in [0.25, 0.3) is 0 Å². The van der Waals surface area contributed by atoms with Crippen LogP contribution in [-0.4, -0.2) is 52.8 Å². The number of carbonyl (C=O) groups is 1. The van der Waals surface area contributed by atoms with Crippen LogP contribution in [0.4, 0.5) is 0 Å². The number of rotatable bonds is 7. The first-order valence-corrected chi connectivity index (χ1v) is 7.89. The van der Waals surface area contributed by atoms with Crippen LogP contribution in [0.3, 0.4) is 0 Å². The first-order chi connectivity index (χ1) is 11.1. The Morgan fingerprint density at radius 2 is 1.42 bits per heavy atom. The third-order valence-electron chi connectivity index (χ3n) is 3.31. The zero-order valence-electron chi connectivity index (χ0n) is 14.5. The summed E-state index contributed by atoms with van der Waals surface area (Å²) in [5, 5.41) is 0.797. The van der Waals surface area contributed by atoms with Crippen LogP contribution in [0.1, 0.15) is 10.4 Å². The second-order valence-corrected chi connectivity index (χ2v) is 5.80. The van der Waals surface area contributed by atoms with Crippen LogP contribution in [0.5, 0.6) is 23.0 Å². The second kappa shape index (κ2) is 9.59. The minimum atomic E-state index is -0.122. The fraction of sp³-hybridized carbons (Fsp3) is 0.235. The summed E-state index contributed by atoms with van der Waals surface area (Å²) in [6, 6.07) is 10.7. The zero-order valence-corrected chi connectivity index (χ0v) is 15.5. The van der Waals surface area contributed by atoms with Gasteiger partial charge < -0.3 is 18.9 Å². The van der Waals surface area contributed by atoms with Crippen LogP contribution in [0, 0.1) is 0 Å². The van der Waals surface area contributed by atoms with Gasteiger partial charge in [0.2, 0.25) is 0 Å². The van der Waals surface area contributed by atoms with Gasteiger partial charge in [-0.05, 0) is 32.8 Å². The largest absolute Gasteiger partial charge is 0.497 e. The molecule has 2 aromatic carbocycles. The fourth-order valence-electron chi connectivity index (χ4n) is 2.16. The average molecular weight is 341 g/mol. The molecule has 1 radical (unpaired) electrons. The van der Waals surface area contributed by atoms with E-state index in [0.717, 1.165) is 5.30 Å². The second-order valence-electron chi connectivity index (χ2n) is 4.56. The van der Waals surface area contributed by atoms with Crippen LogP contribution in [-0.2, 0) is 0 Å². The van der Waals surface area contributed by atoms with Gasteiger partial charge in [0.05, 0.1) is 28.4 Å². The van der Waals surface area contributed by atoms with Gasteiger partial charge in [-0.1, -0.05) is 6.07 Å². The Balaban J connectivity index is 0.00000288. The molecule has 0 heterocycles. The van der Waals surface area contributed by atoms with Crippen LogP contribution in [0.2, 0.25) is 0 Å². The van der Waals surface area contributed by atoms with Crippen molar-refractivity contribution in [3.63, 3.8) is 0 Å². The molecule has 0 aromatic heterocycles. The Morgan fingerprint density at radius 3 is 1.92 bits per heavy atom. The van der Waals surface area contributed by atoms with Crippen molar-refractivity contribution in [3.8, 4) is 23.0 Å². The predicted octanol–water partition coefficient (Wildman–Crippen LogP) is 2.48. The first kappa shape index (κ1) is 20.4. The molecule has 0 aliphatic carbocycles. The number of hydrogen-bond donors (Lipinski definition) is 0. The van der Waals surface area contributed by atoms with E-state index in [0.29, 0.717) is 28.6 Å². The minimum absolute atomic E-state index is 0. The Hall–Kier alpha value is -1.66. The Bertz CT molecular complexity index is 683. The van der Waals surface area contributed by atoms with Crippen molar-refractivity contribution in [1.29, 1.82) is 0 Å². The fourth-order valence-corrected chi connectivity index (χ4v) is 3.24. The van der Waals surface area contributed by atoms with Gasteiger partial charge in [-0.15, -0.1) is 0 Å². The van der Waals surface area contributed by atoms with Crippen molar-refractivity contribution in [2.75, 3.05) is 28.4 Å². The summed E-state index contributed by atoms with van der Waals surface area (Å²) < 4.78 is 21.1. The van der Waals surface area contributed by atoms with E-state index in [1.165, 1.54) is 14.2 Å². The van der Waals surface area contributed by atoms with Gasteiger partial charge in [-0.25, -0.2) is 0 Å². The molecule has 0 aliphatic rings. The average Bonchev–Trinajstić information content (AvgIpc) is 2.60. The summed E-state index contributed by atoms with van der Waals surface area (Å²) in [4.78, 5) is 12.8. The molecule has 2 aromatic rings. The van der Waals surface area contributed by atoms with Crippen molar-refractivity contribution in [3.05, 3.63) is 42.0 Å². The topological polar surface area (TPSA) is 54.0 Å². The minimum Gasteiger partial charge on any atom is -0.497 e. The van der Waals surface area contributed by atoms with Gasteiger partial charge in [0.15, 0.2) is 5.52 Å². The van der Waals surface area contributed by atoms with Gasteiger partial charge in [-0.3, -0.25) is 4.79 Å². The monoisotopic (exact) mass is 341 g/mol. The number of ether oxygens (including phenoxy) is 4. The maximum Gasteiger partial charge on any atom is 0.193 e. The van der Waals surface area contributed by atoms with Crippen molar-refractivity contribution in [1.82, 2.24) is 0 Å². The quantitative estimate of drug-likeness (QED) is 0.572. The summed E-state index contributed by atoms with van der Waals surface area (Å²) in [5.74, 6) is 2.28. The number of carbonyl (C=O) groups excluding carboxylic acids is 1. The molecule has 0 saturated carbocycles. The van der Waals surface area contributed by atoms with Crippen LogP contribution < -0.4 is 24.3 Å². The van der Waals surface area contributed by atoms with E-state index in [1.54, 1.807) is 44.6 Å². The number of benzene rings is 2. The molecule has 0 N–H and O–H groups in total. The molecule has 2 rings (SSSR count). The van der Waals surface area contributed by atoms with E-state index < -0.39 is 0 Å². The molecule has 0 saturated heterocycles. The van der Waals surface area contributed by atoms with Crippen molar-refractivity contribution in [2.24, 2.45) is 0 Å². The molecule has 0 fully saturated rings. The molecule has 0 bridgehead atoms. The van der Waals surface area contributed by atoms with Crippen molar-refractivity contribution >= 4 is 38.3 Å². The van der Waals surface area contributed by atoms with Gasteiger partial charge >= 0.3 is 0 Å². The Kier molecular flexibility index (Phi) is 8.14. The molecule has 7 heteroatoms. The van der Waals surface area contributed by atoms with Gasteiger partial charge in [-0.2, -0.15) is 0 Å². The third-order valence-corrected chi connectivity index (χ3v) is 4.47. The van der Waals surface area contributed by atoms with E-state index in [4.69, 9.17) is 18.9 Å². The summed E-state index contributed by atoms with van der Waals surface area (Å²) in [5.41, 5.74) is 0.358. The molecule has 0 spiro atoms. The van der Waals surface area contributed by atoms with Crippen molar-refractivity contribution < 1.29 is 23.7 Å². The summed E-state index contributed by atoms with van der Waals surface area (Å²) in [6.07, 6.45) is 0. The molecule has 5 nitrogen and oxygen atoms in total. The maximum atomic E-state index is 12.8. The summed E-state index contributed by atoms with van der Waals surface area (Å²) in [7, 11) is 6.09. The smallest absolute Gasteiger partial charge is 0.193 e. The molecular formula is C17H19LiO5P. The van der Waals surface area contributed by atoms with Gasteiger partial charge in [0.1, 0.15) is 28.6 Å². The molecule has 1 atom stereocenters. The van der Waals surface area contributed by atoms with E-state index in [-0.39, 0.29) is 33.0 Å². The van der Waals surface area contributed by atoms with Crippen molar-refractivity contribution in [2.45, 2.75) is 0 Å². The molecule has 24 heavy (non-hydrogen) atoms. The van der Waals surface area contributed by atoms with Gasteiger partial charge in [0, 0.05) is 30.2 Å². The van der Waals surface area contributed by atoms with Crippen LogP contribution >= 0.6 is 8.58 Å². The first-order valence-electron chi connectivity index (χ1n) is 6.89. The van der Waals surface area contributed by atoms with Crippen LogP contribution in [0.15, 0.2) is 36.4 Å². The molecule has 0 aliphatic heterocycles. The standard InChI is InChI=1S/C17H19O5P.Li/c1-19-11-8-9-15(14(10-11)22-4)23-17(18)16-12(20-2)6-5-7-13(16)21-3;/h5-10,23H,1-4H3;. The Morgan fingerprint density at radius 1 is 0.833 bits per heavy atom. The summed E-state index contributed by atoms with van der Waals surface area (Å²) in [6.45, 7) is 0. The molecule has 0 amide bonds. The van der Waals surface area contributed by atoms with Crippen LogP contribution in [0.25, 0.3) is 0 Å². The third kappa shape index (κ3) is 4.45. The molecular weight excluding hydrogens is 322 g/mol. The van der Waals surface area contributed by atoms with E-state index in [2.05, 4.69) is 0 Å². The summed E-state index contributed by atoms with van der Waals surface area (Å²) >= 11 is 0.